The average Bonchev–Trinajstić information content (AvgIpc) is 2.86. The zero-order valence-electron chi connectivity index (χ0n) is 21.0. The minimum Gasteiger partial charge on any atom is -0.481 e. The topological polar surface area (TPSA) is 268 Å². The van der Waals surface area contributed by atoms with Crippen LogP contribution in [0.3, 0.4) is 0 Å². The van der Waals surface area contributed by atoms with Crippen molar-refractivity contribution in [1.29, 1.82) is 0 Å². The molecular weight excluding hydrogens is 518 g/mol. The van der Waals surface area contributed by atoms with Crippen molar-refractivity contribution >= 4 is 41.5 Å². The van der Waals surface area contributed by atoms with E-state index in [1.807, 2.05) is 0 Å². The Morgan fingerprint density at radius 3 is 1.56 bits per heavy atom. The van der Waals surface area contributed by atoms with Crippen LogP contribution in [-0.2, 0) is 40.0 Å². The first-order chi connectivity index (χ1) is 18.3. The normalized spacial score (nSPS) is 13.7. The summed E-state index contributed by atoms with van der Waals surface area (Å²) in [6.07, 6.45) is -2.54. The fraction of sp³-hybridized carbons (Fsp3) is 0.458. The standard InChI is InChI=1S/C24H33N5O10/c25-14(12-13-4-2-1-3-5-13)21(35)27-16(7-10-19(31)32)22(36)28-15(6-9-18(26)30)23(37)29-17(24(38)39)8-11-20(33)34/h1-5,14-17H,6-12,25H2,(H2,26,30)(H,27,35)(H,28,36)(H,29,37)(H,31,32)(H,33,34)(H,38,39)/t14-,15-,16-,17-/m0/s1. The molecule has 15 nitrogen and oxygen atoms in total. The highest BCUT2D eigenvalue weighted by Crippen LogP contribution is 2.07. The van der Waals surface area contributed by atoms with Gasteiger partial charge in [-0.3, -0.25) is 28.8 Å². The van der Waals surface area contributed by atoms with Crippen molar-refractivity contribution in [3.63, 3.8) is 0 Å². The number of rotatable bonds is 18. The number of hydrogen-bond acceptors (Lipinski definition) is 8. The summed E-state index contributed by atoms with van der Waals surface area (Å²) in [4.78, 5) is 83.1. The highest BCUT2D eigenvalue weighted by atomic mass is 16.4. The van der Waals surface area contributed by atoms with E-state index in [0.717, 1.165) is 5.56 Å². The van der Waals surface area contributed by atoms with Gasteiger partial charge in [-0.25, -0.2) is 4.79 Å². The molecule has 39 heavy (non-hydrogen) atoms. The summed E-state index contributed by atoms with van der Waals surface area (Å²) in [7, 11) is 0. The van der Waals surface area contributed by atoms with E-state index in [9.17, 15) is 38.7 Å². The summed E-state index contributed by atoms with van der Waals surface area (Å²) < 4.78 is 0. The van der Waals surface area contributed by atoms with Gasteiger partial charge in [0.05, 0.1) is 6.04 Å². The fourth-order valence-corrected chi connectivity index (χ4v) is 3.40. The van der Waals surface area contributed by atoms with Crippen LogP contribution in [0.1, 0.15) is 44.1 Å². The number of carbonyl (C=O) groups is 7. The smallest absolute Gasteiger partial charge is 0.326 e. The number of carboxylic acids is 3. The molecule has 0 aliphatic carbocycles. The van der Waals surface area contributed by atoms with Gasteiger partial charge in [0, 0.05) is 19.3 Å². The van der Waals surface area contributed by atoms with Crippen molar-refractivity contribution in [1.82, 2.24) is 16.0 Å². The Morgan fingerprint density at radius 1 is 0.667 bits per heavy atom. The first kappa shape index (κ1) is 32.5. The molecule has 4 atom stereocenters. The number of carbonyl (C=O) groups excluding carboxylic acids is 4. The molecule has 0 heterocycles. The van der Waals surface area contributed by atoms with E-state index < -0.39 is 85.0 Å². The third kappa shape index (κ3) is 13.0. The molecule has 0 bridgehead atoms. The van der Waals surface area contributed by atoms with Crippen molar-refractivity contribution in [2.45, 2.75) is 69.1 Å². The second kappa shape index (κ2) is 16.3. The summed E-state index contributed by atoms with van der Waals surface area (Å²) in [6, 6.07) is 3.09. The molecule has 1 rings (SSSR count). The van der Waals surface area contributed by atoms with E-state index in [-0.39, 0.29) is 25.7 Å². The Morgan fingerprint density at radius 2 is 1.10 bits per heavy atom. The highest BCUT2D eigenvalue weighted by Gasteiger charge is 2.31. The minimum absolute atomic E-state index is 0.122. The molecule has 15 heteroatoms. The van der Waals surface area contributed by atoms with Gasteiger partial charge in [-0.2, -0.15) is 0 Å². The summed E-state index contributed by atoms with van der Waals surface area (Å²) in [5, 5.41) is 33.9. The van der Waals surface area contributed by atoms with Gasteiger partial charge in [0.25, 0.3) is 0 Å². The Kier molecular flexibility index (Phi) is 13.6. The Hall–Kier alpha value is -4.53. The molecule has 1 aromatic carbocycles. The molecule has 0 aromatic heterocycles. The lowest BCUT2D eigenvalue weighted by atomic mass is 10.0. The van der Waals surface area contributed by atoms with Gasteiger partial charge in [0.2, 0.25) is 23.6 Å². The van der Waals surface area contributed by atoms with Gasteiger partial charge < -0.3 is 42.7 Å². The van der Waals surface area contributed by atoms with Gasteiger partial charge in [0.1, 0.15) is 18.1 Å². The lowest BCUT2D eigenvalue weighted by Gasteiger charge is -2.25. The first-order valence-corrected chi connectivity index (χ1v) is 12.0. The lowest BCUT2D eigenvalue weighted by Crippen LogP contribution is -2.57. The SMILES string of the molecule is NC(=O)CC[C@H](NC(=O)[C@H](CCC(=O)O)NC(=O)[C@@H](N)Cc1ccccc1)C(=O)N[C@@H](CCC(=O)O)C(=O)O. The third-order valence-corrected chi connectivity index (χ3v) is 5.49. The van der Waals surface area contributed by atoms with Crippen molar-refractivity contribution in [3.05, 3.63) is 35.9 Å². The van der Waals surface area contributed by atoms with Crippen LogP contribution in [0.15, 0.2) is 30.3 Å². The first-order valence-electron chi connectivity index (χ1n) is 12.0. The van der Waals surface area contributed by atoms with Crippen molar-refractivity contribution in [2.24, 2.45) is 11.5 Å². The van der Waals surface area contributed by atoms with Gasteiger partial charge in [-0.15, -0.1) is 0 Å². The molecule has 0 spiro atoms. The number of nitrogens with one attached hydrogen (secondary N) is 3. The van der Waals surface area contributed by atoms with Gasteiger partial charge >= 0.3 is 17.9 Å². The predicted octanol–water partition coefficient (Wildman–Crippen LogP) is -1.91. The van der Waals surface area contributed by atoms with Gasteiger partial charge in [-0.1, -0.05) is 30.3 Å². The van der Waals surface area contributed by atoms with Crippen LogP contribution in [0.5, 0.6) is 0 Å². The van der Waals surface area contributed by atoms with Crippen LogP contribution in [0.2, 0.25) is 0 Å². The summed E-state index contributed by atoms with van der Waals surface area (Å²) in [6.45, 7) is 0. The molecule has 0 aliphatic heterocycles. The molecule has 0 fully saturated rings. The molecule has 0 saturated heterocycles. The Bertz CT molecular complexity index is 1050. The fourth-order valence-electron chi connectivity index (χ4n) is 3.40. The zero-order valence-corrected chi connectivity index (χ0v) is 21.0. The van der Waals surface area contributed by atoms with E-state index in [1.54, 1.807) is 30.3 Å². The number of hydrogen-bond donors (Lipinski definition) is 8. The predicted molar refractivity (Wildman–Crippen MR) is 134 cm³/mol. The molecule has 214 valence electrons. The number of nitrogens with two attached hydrogens (primary N) is 2. The highest BCUT2D eigenvalue weighted by molar-refractivity contribution is 5.94. The number of aliphatic carboxylic acids is 3. The quantitative estimate of drug-likeness (QED) is 0.0997. The minimum atomic E-state index is -1.61. The second-order valence-corrected chi connectivity index (χ2v) is 8.69. The van der Waals surface area contributed by atoms with E-state index in [0.29, 0.717) is 0 Å². The molecule has 0 saturated carbocycles. The molecular formula is C24H33N5O10. The molecule has 1 aromatic rings. The molecule has 0 radical (unpaired) electrons. The lowest BCUT2D eigenvalue weighted by molar-refractivity contribution is -0.143. The second-order valence-electron chi connectivity index (χ2n) is 8.69. The van der Waals surface area contributed by atoms with Gasteiger partial charge in [0.15, 0.2) is 0 Å². The largest absolute Gasteiger partial charge is 0.481 e. The van der Waals surface area contributed by atoms with Crippen LogP contribution >= 0.6 is 0 Å². The van der Waals surface area contributed by atoms with E-state index in [4.69, 9.17) is 21.7 Å². The van der Waals surface area contributed by atoms with Crippen molar-refractivity contribution in [2.75, 3.05) is 0 Å². The van der Waals surface area contributed by atoms with Crippen LogP contribution in [-0.4, -0.2) is 81.0 Å². The van der Waals surface area contributed by atoms with Crippen molar-refractivity contribution in [3.8, 4) is 0 Å². The monoisotopic (exact) mass is 551 g/mol. The maximum absolute atomic E-state index is 13.0. The van der Waals surface area contributed by atoms with E-state index in [2.05, 4.69) is 16.0 Å². The average molecular weight is 552 g/mol. The van der Waals surface area contributed by atoms with Crippen LogP contribution < -0.4 is 27.4 Å². The van der Waals surface area contributed by atoms with Crippen LogP contribution in [0, 0.1) is 0 Å². The molecule has 4 amide bonds. The third-order valence-electron chi connectivity index (χ3n) is 5.49. The number of benzene rings is 1. The van der Waals surface area contributed by atoms with Crippen molar-refractivity contribution < 1.29 is 48.9 Å². The maximum atomic E-state index is 13.0. The number of carboxylic acid groups (broad SMARTS) is 3. The summed E-state index contributed by atoms with van der Waals surface area (Å²) in [5.74, 6) is -7.71. The summed E-state index contributed by atoms with van der Waals surface area (Å²) >= 11 is 0. The number of amides is 4. The molecule has 0 unspecified atom stereocenters. The number of primary amides is 1. The van der Waals surface area contributed by atoms with E-state index >= 15 is 0 Å². The Labute approximate surface area is 223 Å². The van der Waals surface area contributed by atoms with E-state index in [1.165, 1.54) is 0 Å². The maximum Gasteiger partial charge on any atom is 0.326 e. The van der Waals surface area contributed by atoms with Gasteiger partial charge in [-0.05, 0) is 31.2 Å². The summed E-state index contributed by atoms with van der Waals surface area (Å²) in [5.41, 5.74) is 11.8. The zero-order chi connectivity index (χ0) is 29.5. The Balaban J connectivity index is 3.03. The van der Waals surface area contributed by atoms with Crippen LogP contribution in [0.25, 0.3) is 0 Å². The molecule has 0 aliphatic rings. The molecule has 10 N–H and O–H groups in total. The van der Waals surface area contributed by atoms with Crippen LogP contribution in [0.4, 0.5) is 0 Å².